The number of allylic oxidation sites excluding steroid dienone is 1. The van der Waals surface area contributed by atoms with Gasteiger partial charge in [-0.05, 0) is 30.4 Å². The van der Waals surface area contributed by atoms with Gasteiger partial charge in [0.25, 0.3) is 0 Å². The first kappa shape index (κ1) is 14.5. The highest BCUT2D eigenvalue weighted by molar-refractivity contribution is 6.07. The lowest BCUT2D eigenvalue weighted by atomic mass is 9.84. The summed E-state index contributed by atoms with van der Waals surface area (Å²) in [4.78, 5) is 22.9. The average molecular weight is 271 g/mol. The number of nitrogens with one attached hydrogen (secondary N) is 1. The molecule has 0 unspecified atom stereocenters. The van der Waals surface area contributed by atoms with Gasteiger partial charge in [-0.1, -0.05) is 43.5 Å². The number of rotatable bonds is 4. The van der Waals surface area contributed by atoms with Gasteiger partial charge in [-0.2, -0.15) is 0 Å². The molecule has 0 atom stereocenters. The van der Waals surface area contributed by atoms with Crippen molar-refractivity contribution in [2.24, 2.45) is 0 Å². The van der Waals surface area contributed by atoms with Crippen molar-refractivity contribution in [1.82, 2.24) is 5.32 Å². The van der Waals surface area contributed by atoms with E-state index < -0.39 is 0 Å². The van der Waals surface area contributed by atoms with Crippen LogP contribution >= 0.6 is 0 Å². The molecule has 0 radical (unpaired) electrons. The third-order valence-corrected chi connectivity index (χ3v) is 3.90. The predicted octanol–water partition coefficient (Wildman–Crippen LogP) is 3.22. The predicted molar refractivity (Wildman–Crippen MR) is 79.8 cm³/mol. The van der Waals surface area contributed by atoms with Crippen LogP contribution in [0.1, 0.15) is 53.9 Å². The van der Waals surface area contributed by atoms with Crippen LogP contribution in [0.2, 0.25) is 0 Å². The second-order valence-corrected chi connectivity index (χ2v) is 5.27. The van der Waals surface area contributed by atoms with Gasteiger partial charge in [-0.3, -0.25) is 9.59 Å². The third kappa shape index (κ3) is 3.80. The molecule has 1 saturated carbocycles. The van der Waals surface area contributed by atoms with Crippen LogP contribution in [-0.4, -0.2) is 18.7 Å². The zero-order valence-corrected chi connectivity index (χ0v) is 11.9. The number of carbonyl (C=O) groups excluding carboxylic acids is 2. The highest BCUT2D eigenvalue weighted by Gasteiger charge is 2.15. The summed E-state index contributed by atoms with van der Waals surface area (Å²) in [6, 6.07) is 7.83. The minimum Gasteiger partial charge on any atom is -0.356 e. The minimum absolute atomic E-state index is 0.135. The lowest BCUT2D eigenvalue weighted by Gasteiger charge is -2.21. The summed E-state index contributed by atoms with van der Waals surface area (Å²) in [6.45, 7) is 0. The molecule has 1 aliphatic carbocycles. The van der Waals surface area contributed by atoms with Crippen molar-refractivity contribution in [3.63, 3.8) is 0 Å². The molecule has 1 aliphatic rings. The molecular formula is C17H21NO2. The van der Waals surface area contributed by atoms with Crippen LogP contribution in [-0.2, 0) is 4.79 Å². The van der Waals surface area contributed by atoms with Crippen LogP contribution < -0.4 is 5.32 Å². The standard InChI is InChI=1S/C17H21NO2/c1-18-17(20)12-11-16(19)15-9-7-14(8-10-15)13-5-3-2-4-6-13/h7-13H,2-6H2,1H3,(H,18,20)/b12-11+. The molecule has 1 aromatic carbocycles. The third-order valence-electron chi connectivity index (χ3n) is 3.90. The largest absolute Gasteiger partial charge is 0.356 e. The maximum absolute atomic E-state index is 11.9. The zero-order valence-electron chi connectivity index (χ0n) is 11.9. The van der Waals surface area contributed by atoms with Gasteiger partial charge in [-0.25, -0.2) is 0 Å². The van der Waals surface area contributed by atoms with E-state index in [-0.39, 0.29) is 11.7 Å². The number of likely N-dealkylation sites (N-methyl/N-ethyl adjacent to an activating group) is 1. The van der Waals surface area contributed by atoms with Gasteiger partial charge in [-0.15, -0.1) is 0 Å². The number of benzene rings is 1. The van der Waals surface area contributed by atoms with Gasteiger partial charge in [0.1, 0.15) is 0 Å². The summed E-state index contributed by atoms with van der Waals surface area (Å²) < 4.78 is 0. The highest BCUT2D eigenvalue weighted by atomic mass is 16.1. The van der Waals surface area contributed by atoms with Crippen LogP contribution in [0.25, 0.3) is 0 Å². The summed E-state index contributed by atoms with van der Waals surface area (Å²) in [5.74, 6) is 0.246. The fourth-order valence-electron chi connectivity index (χ4n) is 2.69. The van der Waals surface area contributed by atoms with Gasteiger partial charge in [0.2, 0.25) is 5.91 Å². The molecule has 3 heteroatoms. The van der Waals surface area contributed by atoms with Gasteiger partial charge >= 0.3 is 0 Å². The highest BCUT2D eigenvalue weighted by Crippen LogP contribution is 2.32. The maximum atomic E-state index is 11.9. The Balaban J connectivity index is 2.02. The Hall–Kier alpha value is -1.90. The molecule has 20 heavy (non-hydrogen) atoms. The van der Waals surface area contributed by atoms with Crippen molar-refractivity contribution < 1.29 is 9.59 Å². The van der Waals surface area contributed by atoms with Gasteiger partial charge < -0.3 is 5.32 Å². The molecule has 0 heterocycles. The first-order valence-electron chi connectivity index (χ1n) is 7.25. The molecule has 1 fully saturated rings. The molecule has 1 amide bonds. The SMILES string of the molecule is CNC(=O)/C=C/C(=O)c1ccc(C2CCCCC2)cc1. The van der Waals surface area contributed by atoms with Crippen LogP contribution in [0, 0.1) is 0 Å². The Morgan fingerprint density at radius 3 is 2.30 bits per heavy atom. The van der Waals surface area contributed by atoms with Gasteiger partial charge in [0, 0.05) is 18.7 Å². The fourth-order valence-corrected chi connectivity index (χ4v) is 2.69. The molecule has 0 saturated heterocycles. The first-order chi connectivity index (χ1) is 9.70. The van der Waals surface area contributed by atoms with Crippen LogP contribution in [0.5, 0.6) is 0 Å². The molecule has 106 valence electrons. The van der Waals surface area contributed by atoms with Crippen LogP contribution in [0.3, 0.4) is 0 Å². The number of ketones is 1. The Bertz CT molecular complexity index is 496. The quantitative estimate of drug-likeness (QED) is 0.675. The summed E-state index contributed by atoms with van der Waals surface area (Å²) in [7, 11) is 1.54. The van der Waals surface area contributed by atoms with Crippen molar-refractivity contribution in [3.8, 4) is 0 Å². The van der Waals surface area contributed by atoms with Crippen LogP contribution in [0.4, 0.5) is 0 Å². The van der Waals surface area contributed by atoms with Crippen molar-refractivity contribution in [2.45, 2.75) is 38.0 Å². The smallest absolute Gasteiger partial charge is 0.243 e. The van der Waals surface area contributed by atoms with Gasteiger partial charge in [0.15, 0.2) is 5.78 Å². The Kier molecular flexibility index (Phi) is 5.10. The van der Waals surface area contributed by atoms with E-state index >= 15 is 0 Å². The molecule has 0 aromatic heterocycles. The van der Waals surface area contributed by atoms with Gasteiger partial charge in [0.05, 0.1) is 0 Å². The Morgan fingerprint density at radius 1 is 1.05 bits per heavy atom. The maximum Gasteiger partial charge on any atom is 0.243 e. The molecule has 0 aliphatic heterocycles. The molecule has 1 aromatic rings. The Labute approximate surface area is 120 Å². The number of carbonyl (C=O) groups is 2. The second kappa shape index (κ2) is 7.04. The summed E-state index contributed by atoms with van der Waals surface area (Å²) in [5.41, 5.74) is 1.96. The molecular weight excluding hydrogens is 250 g/mol. The molecule has 1 N–H and O–H groups in total. The molecule has 3 nitrogen and oxygen atoms in total. The number of hydrogen-bond donors (Lipinski definition) is 1. The average Bonchev–Trinajstić information content (AvgIpc) is 2.53. The monoisotopic (exact) mass is 271 g/mol. The first-order valence-corrected chi connectivity index (χ1v) is 7.25. The molecule has 0 spiro atoms. The van der Waals surface area contributed by atoms with E-state index in [2.05, 4.69) is 17.4 Å². The van der Waals surface area contributed by atoms with E-state index in [0.717, 1.165) is 0 Å². The summed E-state index contributed by atoms with van der Waals surface area (Å²) >= 11 is 0. The van der Waals surface area contributed by atoms with E-state index in [1.165, 1.54) is 56.9 Å². The lowest BCUT2D eigenvalue weighted by molar-refractivity contribution is -0.116. The summed E-state index contributed by atoms with van der Waals surface area (Å²) in [6.07, 6.45) is 9.04. The van der Waals surface area contributed by atoms with E-state index in [4.69, 9.17) is 0 Å². The van der Waals surface area contributed by atoms with E-state index in [1.807, 2.05) is 12.1 Å². The Morgan fingerprint density at radius 2 is 1.70 bits per heavy atom. The summed E-state index contributed by atoms with van der Waals surface area (Å²) in [5, 5.41) is 2.45. The zero-order chi connectivity index (χ0) is 14.4. The second-order valence-electron chi connectivity index (χ2n) is 5.27. The lowest BCUT2D eigenvalue weighted by Crippen LogP contribution is -2.14. The number of hydrogen-bond acceptors (Lipinski definition) is 2. The van der Waals surface area contributed by atoms with E-state index in [0.29, 0.717) is 11.5 Å². The minimum atomic E-state index is -0.267. The fraction of sp³-hybridized carbons (Fsp3) is 0.412. The number of amides is 1. The van der Waals surface area contributed by atoms with Crippen molar-refractivity contribution >= 4 is 11.7 Å². The van der Waals surface area contributed by atoms with E-state index in [1.54, 1.807) is 0 Å². The van der Waals surface area contributed by atoms with Crippen molar-refractivity contribution in [3.05, 3.63) is 47.5 Å². The van der Waals surface area contributed by atoms with Crippen LogP contribution in [0.15, 0.2) is 36.4 Å². The van der Waals surface area contributed by atoms with Crippen molar-refractivity contribution in [1.29, 1.82) is 0 Å². The molecule has 0 bridgehead atoms. The topological polar surface area (TPSA) is 46.2 Å². The van der Waals surface area contributed by atoms with Crippen molar-refractivity contribution in [2.75, 3.05) is 7.05 Å². The van der Waals surface area contributed by atoms with E-state index in [9.17, 15) is 9.59 Å². The molecule has 2 rings (SSSR count). The normalized spacial score (nSPS) is 16.2.